The second kappa shape index (κ2) is 10.9. The molecule has 0 fully saturated rings. The molecule has 0 spiro atoms. The van der Waals surface area contributed by atoms with E-state index in [1.807, 2.05) is 29.1 Å². The zero-order chi connectivity index (χ0) is 24.7. The van der Waals surface area contributed by atoms with Crippen molar-refractivity contribution in [2.75, 3.05) is 18.5 Å². The number of nitriles is 1. The van der Waals surface area contributed by atoms with Crippen LogP contribution in [0.4, 0.5) is 11.4 Å². The molecule has 1 aromatic heterocycles. The van der Waals surface area contributed by atoms with Gasteiger partial charge in [0.05, 0.1) is 24.1 Å². The van der Waals surface area contributed by atoms with Gasteiger partial charge in [-0.05, 0) is 79.2 Å². The van der Waals surface area contributed by atoms with Crippen molar-refractivity contribution in [1.82, 2.24) is 9.78 Å². The lowest BCUT2D eigenvalue weighted by atomic mass is 10.1. The molecule has 6 nitrogen and oxygen atoms in total. The Balaban J connectivity index is 1.34. The number of allylic oxidation sites excluding steroid dienone is 1. The number of rotatable bonds is 9. The highest BCUT2D eigenvalue weighted by atomic mass is 16.5. The molecule has 5 rings (SSSR count). The topological polar surface area (TPSA) is 75.2 Å². The fraction of sp³-hybridized carbons (Fsp3) is 0.233. The maximum absolute atomic E-state index is 8.68. The molecule has 4 aromatic rings. The molecule has 0 radical (unpaired) electrons. The molecule has 1 aliphatic heterocycles. The first-order chi connectivity index (χ1) is 17.7. The summed E-state index contributed by atoms with van der Waals surface area (Å²) < 4.78 is 7.82. The average molecular weight is 476 g/mol. The van der Waals surface area contributed by atoms with E-state index in [0.717, 1.165) is 70.7 Å². The minimum Gasteiger partial charge on any atom is -0.494 e. The molecule has 0 amide bonds. The number of aromatic nitrogens is 2. The van der Waals surface area contributed by atoms with Crippen LogP contribution in [-0.4, -0.2) is 29.1 Å². The molecule has 0 bridgehead atoms. The first-order valence-corrected chi connectivity index (χ1v) is 12.4. The highest BCUT2D eigenvalue weighted by Gasteiger charge is 2.12. The normalized spacial score (nSPS) is 12.8. The van der Waals surface area contributed by atoms with Gasteiger partial charge in [0.25, 0.3) is 0 Å². The quantitative estimate of drug-likeness (QED) is 0.268. The number of benzene rings is 3. The van der Waals surface area contributed by atoms with Gasteiger partial charge in [-0.2, -0.15) is 10.4 Å². The number of dihydropyridines is 1. The van der Waals surface area contributed by atoms with E-state index >= 15 is 0 Å². The molecule has 0 saturated heterocycles. The van der Waals surface area contributed by atoms with Crippen LogP contribution in [0.2, 0.25) is 0 Å². The van der Waals surface area contributed by atoms with Gasteiger partial charge in [0.1, 0.15) is 5.75 Å². The van der Waals surface area contributed by atoms with Crippen LogP contribution in [0.15, 0.2) is 77.8 Å². The molecule has 0 aliphatic carbocycles. The second-order valence-electron chi connectivity index (χ2n) is 8.74. The van der Waals surface area contributed by atoms with Crippen LogP contribution in [0.1, 0.15) is 37.6 Å². The lowest BCUT2D eigenvalue weighted by Crippen LogP contribution is -2.02. The van der Waals surface area contributed by atoms with E-state index in [1.165, 1.54) is 5.69 Å². The molecule has 2 heterocycles. The second-order valence-corrected chi connectivity index (χ2v) is 8.74. The number of ether oxygens (including phenoxy) is 1. The fourth-order valence-electron chi connectivity index (χ4n) is 4.36. The lowest BCUT2D eigenvalue weighted by molar-refractivity contribution is 0.313. The summed E-state index contributed by atoms with van der Waals surface area (Å²) in [4.78, 5) is 4.40. The van der Waals surface area contributed by atoms with E-state index in [-0.39, 0.29) is 0 Å². The predicted molar refractivity (Wildman–Crippen MR) is 146 cm³/mol. The SMILES string of the molecule is CCc1cc(C2=CCCN=C2)nn1-c1ccc(Nc2cccc3cc(OCCCC#N)ccc23)cc1. The maximum Gasteiger partial charge on any atom is 0.119 e. The van der Waals surface area contributed by atoms with E-state index in [2.05, 4.69) is 77.9 Å². The Hall–Kier alpha value is -4.37. The summed E-state index contributed by atoms with van der Waals surface area (Å²) in [6.07, 6.45) is 7.24. The minimum absolute atomic E-state index is 0.509. The average Bonchev–Trinajstić information content (AvgIpc) is 3.37. The highest BCUT2D eigenvalue weighted by Crippen LogP contribution is 2.30. The van der Waals surface area contributed by atoms with Crippen molar-refractivity contribution in [2.45, 2.75) is 32.6 Å². The molecule has 0 saturated carbocycles. The van der Waals surface area contributed by atoms with Crippen LogP contribution in [-0.2, 0) is 6.42 Å². The summed E-state index contributed by atoms with van der Waals surface area (Å²) in [5.74, 6) is 0.822. The number of aliphatic imine (C=N–C) groups is 1. The first-order valence-electron chi connectivity index (χ1n) is 12.4. The molecule has 0 atom stereocenters. The summed E-state index contributed by atoms with van der Waals surface area (Å²) >= 11 is 0. The van der Waals surface area contributed by atoms with Crippen molar-refractivity contribution in [2.24, 2.45) is 4.99 Å². The highest BCUT2D eigenvalue weighted by molar-refractivity contribution is 6.09. The Morgan fingerprint density at radius 2 is 1.97 bits per heavy atom. The molecule has 1 aliphatic rings. The van der Waals surface area contributed by atoms with Gasteiger partial charge in [-0.25, -0.2) is 4.68 Å². The van der Waals surface area contributed by atoms with Gasteiger partial charge in [-0.15, -0.1) is 0 Å². The summed E-state index contributed by atoms with van der Waals surface area (Å²) in [5.41, 5.74) is 6.32. The van der Waals surface area contributed by atoms with Gasteiger partial charge in [0.15, 0.2) is 0 Å². The van der Waals surface area contributed by atoms with E-state index in [4.69, 9.17) is 15.1 Å². The summed E-state index contributed by atoms with van der Waals surface area (Å²) in [5, 5.41) is 19.3. The Bertz CT molecular complexity index is 1460. The van der Waals surface area contributed by atoms with Crippen LogP contribution in [0, 0.1) is 11.3 Å². The largest absolute Gasteiger partial charge is 0.494 e. The third-order valence-electron chi connectivity index (χ3n) is 6.24. The summed E-state index contributed by atoms with van der Waals surface area (Å²) in [6, 6.07) is 25.0. The van der Waals surface area contributed by atoms with Gasteiger partial charge in [-0.3, -0.25) is 4.99 Å². The van der Waals surface area contributed by atoms with Crippen LogP contribution in [0.25, 0.3) is 22.0 Å². The van der Waals surface area contributed by atoms with Gasteiger partial charge in [-0.1, -0.05) is 25.1 Å². The molecule has 6 heteroatoms. The first kappa shape index (κ1) is 23.4. The monoisotopic (exact) mass is 475 g/mol. The molecule has 0 unspecified atom stereocenters. The van der Waals surface area contributed by atoms with Gasteiger partial charge in [0, 0.05) is 47.2 Å². The number of nitrogens with zero attached hydrogens (tertiary/aromatic N) is 4. The smallest absolute Gasteiger partial charge is 0.119 e. The number of aryl methyl sites for hydroxylation is 1. The third-order valence-corrected chi connectivity index (χ3v) is 6.24. The zero-order valence-corrected chi connectivity index (χ0v) is 20.4. The summed E-state index contributed by atoms with van der Waals surface area (Å²) in [7, 11) is 0. The van der Waals surface area contributed by atoms with E-state index in [0.29, 0.717) is 13.0 Å². The van der Waals surface area contributed by atoms with Gasteiger partial charge < -0.3 is 10.1 Å². The third kappa shape index (κ3) is 5.16. The fourth-order valence-corrected chi connectivity index (χ4v) is 4.36. The molecule has 36 heavy (non-hydrogen) atoms. The molecule has 1 N–H and O–H groups in total. The number of hydrogen-bond acceptors (Lipinski definition) is 5. The molecular weight excluding hydrogens is 446 g/mol. The van der Waals surface area contributed by atoms with Crippen molar-refractivity contribution in [3.05, 3.63) is 84.2 Å². The number of anilines is 2. The van der Waals surface area contributed by atoms with Gasteiger partial charge in [0.2, 0.25) is 0 Å². The van der Waals surface area contributed by atoms with Crippen LogP contribution in [0.3, 0.4) is 0 Å². The predicted octanol–water partition coefficient (Wildman–Crippen LogP) is 6.87. The van der Waals surface area contributed by atoms with E-state index < -0.39 is 0 Å². The van der Waals surface area contributed by atoms with Crippen LogP contribution in [0.5, 0.6) is 5.75 Å². The van der Waals surface area contributed by atoms with Crippen molar-refractivity contribution in [1.29, 1.82) is 5.26 Å². The Morgan fingerprint density at radius 1 is 1.08 bits per heavy atom. The van der Waals surface area contributed by atoms with Crippen molar-refractivity contribution in [3.63, 3.8) is 0 Å². The van der Waals surface area contributed by atoms with Crippen molar-refractivity contribution >= 4 is 33.9 Å². The summed E-state index contributed by atoms with van der Waals surface area (Å²) in [6.45, 7) is 3.56. The maximum atomic E-state index is 8.68. The zero-order valence-electron chi connectivity index (χ0n) is 20.4. The van der Waals surface area contributed by atoms with Crippen molar-refractivity contribution < 1.29 is 4.74 Å². The van der Waals surface area contributed by atoms with Gasteiger partial charge >= 0.3 is 0 Å². The van der Waals surface area contributed by atoms with Crippen molar-refractivity contribution in [3.8, 4) is 17.5 Å². The minimum atomic E-state index is 0.509. The number of unbranched alkanes of at least 4 members (excludes halogenated alkanes) is 1. The van der Waals surface area contributed by atoms with E-state index in [9.17, 15) is 0 Å². The Kier molecular flexibility index (Phi) is 7.09. The standard InChI is InChI=1S/C30H29N5O/c1-2-25-20-30(23-8-6-17-32-21-23)34-35(25)26-12-10-24(11-13-26)33-29-9-5-7-22-19-27(14-15-28(22)29)36-18-4-3-16-31/h5,7-15,19-21,33H,2-4,6,17-18H2,1H3. The molecular formula is C30H29N5O. The molecule has 180 valence electrons. The van der Waals surface area contributed by atoms with Crippen LogP contribution < -0.4 is 10.1 Å². The number of nitrogens with one attached hydrogen (secondary N) is 1. The number of hydrogen-bond donors (Lipinski definition) is 1. The number of fused-ring (bicyclic) bond motifs is 1. The lowest BCUT2D eigenvalue weighted by Gasteiger charge is -2.13. The Morgan fingerprint density at radius 3 is 2.75 bits per heavy atom. The van der Waals surface area contributed by atoms with E-state index in [1.54, 1.807) is 0 Å². The Labute approximate surface area is 211 Å². The molecule has 3 aromatic carbocycles. The van der Waals surface area contributed by atoms with Crippen LogP contribution >= 0.6 is 0 Å².